The van der Waals surface area contributed by atoms with Crippen LogP contribution in [0.4, 0.5) is 11.6 Å². The third kappa shape index (κ3) is 3.43. The summed E-state index contributed by atoms with van der Waals surface area (Å²) in [6.07, 6.45) is 1.59. The van der Waals surface area contributed by atoms with Crippen molar-refractivity contribution in [3.8, 4) is 0 Å². The Bertz CT molecular complexity index is 514. The molecule has 0 bridgehead atoms. The summed E-state index contributed by atoms with van der Waals surface area (Å²) in [7, 11) is 2.03. The molecule has 6 heteroatoms. The van der Waals surface area contributed by atoms with Crippen LogP contribution in [-0.2, 0) is 6.54 Å². The molecule has 0 aliphatic rings. The average molecular weight is 327 g/mol. The second kappa shape index (κ2) is 6.15. The first-order valence-electron chi connectivity index (χ1n) is 5.69. The fourth-order valence-electron chi connectivity index (χ4n) is 1.59. The van der Waals surface area contributed by atoms with E-state index in [9.17, 15) is 0 Å². The Morgan fingerprint density at radius 2 is 2.22 bits per heavy atom. The van der Waals surface area contributed by atoms with Crippen molar-refractivity contribution in [2.45, 2.75) is 13.5 Å². The smallest absolute Gasteiger partial charge is 0.134 e. The van der Waals surface area contributed by atoms with Crippen LogP contribution in [0.2, 0.25) is 0 Å². The van der Waals surface area contributed by atoms with Crippen LogP contribution in [0.25, 0.3) is 0 Å². The third-order valence-corrected chi connectivity index (χ3v) is 4.10. The van der Waals surface area contributed by atoms with Gasteiger partial charge in [-0.15, -0.1) is 11.3 Å². The van der Waals surface area contributed by atoms with Gasteiger partial charge in [0.2, 0.25) is 0 Å². The highest BCUT2D eigenvalue weighted by molar-refractivity contribution is 9.10. The van der Waals surface area contributed by atoms with Crippen LogP contribution >= 0.6 is 27.3 Å². The molecule has 1 N–H and O–H groups in total. The third-order valence-electron chi connectivity index (χ3n) is 2.42. The maximum absolute atomic E-state index is 4.29. The fraction of sp³-hybridized carbons (Fsp3) is 0.333. The van der Waals surface area contributed by atoms with Gasteiger partial charge in [0.05, 0.1) is 6.54 Å². The van der Waals surface area contributed by atoms with E-state index in [-0.39, 0.29) is 0 Å². The van der Waals surface area contributed by atoms with Gasteiger partial charge in [0.25, 0.3) is 0 Å². The van der Waals surface area contributed by atoms with Gasteiger partial charge in [0.15, 0.2) is 0 Å². The molecule has 0 aliphatic heterocycles. The lowest BCUT2D eigenvalue weighted by atomic mass is 10.4. The first-order valence-corrected chi connectivity index (χ1v) is 7.36. The zero-order valence-corrected chi connectivity index (χ0v) is 12.8. The quantitative estimate of drug-likeness (QED) is 0.914. The molecule has 0 aromatic carbocycles. The Balaban J connectivity index is 2.08. The van der Waals surface area contributed by atoms with Crippen LogP contribution in [0.1, 0.15) is 11.8 Å². The molecule has 2 rings (SSSR count). The van der Waals surface area contributed by atoms with Crippen LogP contribution in [-0.4, -0.2) is 23.6 Å². The molecule has 2 aromatic heterocycles. The van der Waals surface area contributed by atoms with Gasteiger partial charge in [-0.05, 0) is 28.9 Å². The molecule has 2 heterocycles. The molecule has 0 saturated carbocycles. The van der Waals surface area contributed by atoms with E-state index in [4.69, 9.17) is 0 Å². The number of hydrogen-bond donors (Lipinski definition) is 1. The van der Waals surface area contributed by atoms with E-state index >= 15 is 0 Å². The molecule has 0 atom stereocenters. The summed E-state index contributed by atoms with van der Waals surface area (Å²) >= 11 is 5.21. The van der Waals surface area contributed by atoms with Crippen molar-refractivity contribution in [1.29, 1.82) is 0 Å². The Labute approximate surface area is 119 Å². The maximum Gasteiger partial charge on any atom is 0.134 e. The first kappa shape index (κ1) is 13.3. The number of hydrogen-bond acceptors (Lipinski definition) is 5. The van der Waals surface area contributed by atoms with Gasteiger partial charge in [-0.1, -0.05) is 0 Å². The van der Waals surface area contributed by atoms with Gasteiger partial charge in [-0.25, -0.2) is 9.97 Å². The lowest BCUT2D eigenvalue weighted by Crippen LogP contribution is -2.17. The van der Waals surface area contributed by atoms with E-state index in [1.54, 1.807) is 17.7 Å². The predicted octanol–water partition coefficient (Wildman–Crippen LogP) is 3.37. The molecule has 0 aliphatic carbocycles. The summed E-state index contributed by atoms with van der Waals surface area (Å²) in [6.45, 7) is 3.76. The highest BCUT2D eigenvalue weighted by Gasteiger charge is 2.06. The monoisotopic (exact) mass is 326 g/mol. The molecule has 18 heavy (non-hydrogen) atoms. The maximum atomic E-state index is 4.29. The van der Waals surface area contributed by atoms with Crippen LogP contribution in [0.15, 0.2) is 28.3 Å². The van der Waals surface area contributed by atoms with E-state index in [1.165, 1.54) is 4.88 Å². The minimum atomic E-state index is 0.846. The molecular weight excluding hydrogens is 312 g/mol. The van der Waals surface area contributed by atoms with Crippen LogP contribution in [0, 0.1) is 0 Å². The summed E-state index contributed by atoms with van der Waals surface area (Å²) in [5.74, 6) is 1.78. The Morgan fingerprint density at radius 3 is 2.89 bits per heavy atom. The summed E-state index contributed by atoms with van der Waals surface area (Å²) in [6, 6.07) is 4.10. The molecule has 2 aromatic rings. The van der Waals surface area contributed by atoms with E-state index in [0.717, 1.165) is 29.2 Å². The number of nitrogens with zero attached hydrogens (tertiary/aromatic N) is 3. The lowest BCUT2D eigenvalue weighted by Gasteiger charge is -2.17. The van der Waals surface area contributed by atoms with Crippen molar-refractivity contribution in [2.24, 2.45) is 0 Å². The molecule has 0 saturated heterocycles. The van der Waals surface area contributed by atoms with Crippen molar-refractivity contribution >= 4 is 38.9 Å². The van der Waals surface area contributed by atoms with Crippen molar-refractivity contribution in [3.05, 3.63) is 33.2 Å². The Morgan fingerprint density at radius 1 is 1.39 bits per heavy atom. The van der Waals surface area contributed by atoms with Crippen molar-refractivity contribution in [3.63, 3.8) is 0 Å². The van der Waals surface area contributed by atoms with E-state index < -0.39 is 0 Å². The second-order valence-corrected chi connectivity index (χ2v) is 5.79. The van der Waals surface area contributed by atoms with Crippen molar-refractivity contribution in [1.82, 2.24) is 9.97 Å². The fourth-order valence-corrected chi connectivity index (χ4v) is 3.09. The summed E-state index contributed by atoms with van der Waals surface area (Å²) in [4.78, 5) is 11.9. The minimum Gasteiger partial charge on any atom is -0.370 e. The molecule has 0 amide bonds. The van der Waals surface area contributed by atoms with Gasteiger partial charge >= 0.3 is 0 Å². The zero-order valence-electron chi connectivity index (χ0n) is 10.4. The first-order chi connectivity index (χ1) is 8.69. The zero-order chi connectivity index (χ0) is 13.0. The van der Waals surface area contributed by atoms with Gasteiger partial charge in [0, 0.05) is 34.4 Å². The lowest BCUT2D eigenvalue weighted by molar-refractivity contribution is 0.903. The molecule has 4 nitrogen and oxygen atoms in total. The number of aromatic nitrogens is 2. The number of halogens is 1. The summed E-state index contributed by atoms with van der Waals surface area (Å²) < 4.78 is 1.13. The Kier molecular flexibility index (Phi) is 4.54. The summed E-state index contributed by atoms with van der Waals surface area (Å²) in [5.41, 5.74) is 0. The highest BCUT2D eigenvalue weighted by Crippen LogP contribution is 2.22. The number of rotatable bonds is 5. The SMILES string of the molecule is CCNc1cc(N(C)Cc2cc(Br)cs2)ncn1. The Hall–Kier alpha value is -1.14. The highest BCUT2D eigenvalue weighted by atomic mass is 79.9. The van der Waals surface area contributed by atoms with Gasteiger partial charge in [-0.2, -0.15) is 0 Å². The average Bonchev–Trinajstić information content (AvgIpc) is 2.75. The summed E-state index contributed by atoms with van der Waals surface area (Å²) in [5, 5.41) is 5.28. The van der Waals surface area contributed by atoms with Crippen molar-refractivity contribution < 1.29 is 0 Å². The number of anilines is 2. The standard InChI is InChI=1S/C12H15BrN4S/c1-3-14-11-5-12(16-8-15-11)17(2)6-10-4-9(13)7-18-10/h4-5,7-8H,3,6H2,1-2H3,(H,14,15,16). The molecule has 0 radical (unpaired) electrons. The largest absolute Gasteiger partial charge is 0.370 e. The van der Waals surface area contributed by atoms with Gasteiger partial charge in [0.1, 0.15) is 18.0 Å². The molecule has 96 valence electrons. The number of thiophene rings is 1. The molecular formula is C12H15BrN4S. The van der Waals surface area contributed by atoms with E-state index in [1.807, 2.05) is 13.1 Å². The topological polar surface area (TPSA) is 41.0 Å². The molecule has 0 fully saturated rings. The van der Waals surface area contributed by atoms with Crippen LogP contribution in [0.5, 0.6) is 0 Å². The van der Waals surface area contributed by atoms with Crippen molar-refractivity contribution in [2.75, 3.05) is 23.8 Å². The predicted molar refractivity (Wildman–Crippen MR) is 80.3 cm³/mol. The molecule has 0 spiro atoms. The van der Waals surface area contributed by atoms with Crippen LogP contribution < -0.4 is 10.2 Å². The van der Waals surface area contributed by atoms with E-state index in [0.29, 0.717) is 0 Å². The normalized spacial score (nSPS) is 10.4. The number of nitrogens with one attached hydrogen (secondary N) is 1. The van der Waals surface area contributed by atoms with Gasteiger partial charge < -0.3 is 10.2 Å². The van der Waals surface area contributed by atoms with Crippen LogP contribution in [0.3, 0.4) is 0 Å². The second-order valence-electron chi connectivity index (χ2n) is 3.88. The minimum absolute atomic E-state index is 0.846. The van der Waals surface area contributed by atoms with E-state index in [2.05, 4.69) is 54.5 Å². The van der Waals surface area contributed by atoms with Gasteiger partial charge in [-0.3, -0.25) is 0 Å². The molecule has 0 unspecified atom stereocenters.